The van der Waals surface area contributed by atoms with Crippen molar-refractivity contribution in [3.63, 3.8) is 0 Å². The Kier molecular flexibility index (Phi) is 3.30. The lowest BCUT2D eigenvalue weighted by Crippen LogP contribution is -2.35. The molecule has 1 heterocycles. The highest BCUT2D eigenvalue weighted by Gasteiger charge is 2.53. The highest BCUT2D eigenvalue weighted by Crippen LogP contribution is 2.48. The van der Waals surface area contributed by atoms with Gasteiger partial charge in [0, 0.05) is 18.2 Å². The van der Waals surface area contributed by atoms with Crippen LogP contribution in [-0.4, -0.2) is 17.6 Å². The van der Waals surface area contributed by atoms with E-state index in [9.17, 15) is 4.79 Å². The molecule has 0 radical (unpaired) electrons. The van der Waals surface area contributed by atoms with E-state index in [1.54, 1.807) is 0 Å². The van der Waals surface area contributed by atoms with Crippen molar-refractivity contribution in [3.05, 3.63) is 42.1 Å². The summed E-state index contributed by atoms with van der Waals surface area (Å²) in [5.74, 6) is 0.794. The summed E-state index contributed by atoms with van der Waals surface area (Å²) in [6.45, 7) is 2.76. The molecule has 1 fully saturated rings. The maximum Gasteiger partial charge on any atom is 0.232 e. The number of hydrogen-bond donors (Lipinski definition) is 1. The van der Waals surface area contributed by atoms with E-state index in [1.165, 1.54) is 0 Å². The number of hydrogen-bond acceptors (Lipinski definition) is 3. The molecule has 0 bridgehead atoms. The van der Waals surface area contributed by atoms with E-state index >= 15 is 0 Å². The molecular weight excluding hydrogens is 252 g/mol. The molecule has 104 valence electrons. The van der Waals surface area contributed by atoms with Gasteiger partial charge in [-0.15, -0.1) is 0 Å². The zero-order valence-electron chi connectivity index (χ0n) is 11.6. The molecule has 0 spiro atoms. The van der Waals surface area contributed by atoms with Gasteiger partial charge in [-0.1, -0.05) is 42.4 Å². The Bertz CT molecular complexity index is 600. The van der Waals surface area contributed by atoms with Crippen molar-refractivity contribution in [2.75, 3.05) is 6.54 Å². The van der Waals surface area contributed by atoms with Crippen LogP contribution in [0.4, 0.5) is 0 Å². The summed E-state index contributed by atoms with van der Waals surface area (Å²) in [7, 11) is 0. The van der Waals surface area contributed by atoms with Gasteiger partial charge in [0.05, 0.1) is 11.1 Å². The van der Waals surface area contributed by atoms with E-state index in [0.717, 1.165) is 36.3 Å². The maximum absolute atomic E-state index is 12.2. The molecule has 1 aliphatic rings. The molecule has 1 aromatic carbocycles. The molecule has 1 aliphatic carbocycles. The first-order valence-electron chi connectivity index (χ1n) is 7.07. The summed E-state index contributed by atoms with van der Waals surface area (Å²) >= 11 is 0. The SMILES string of the molecule is CCCNC(=O)C1(c2cc(-c3ccccc3)on2)CC1. The van der Waals surface area contributed by atoms with Crippen molar-refractivity contribution in [1.29, 1.82) is 0 Å². The average Bonchev–Trinajstić information content (AvgIpc) is 3.16. The van der Waals surface area contributed by atoms with Crippen LogP contribution in [0.5, 0.6) is 0 Å². The summed E-state index contributed by atoms with van der Waals surface area (Å²) in [5, 5.41) is 7.08. The zero-order chi connectivity index (χ0) is 14.0. The Morgan fingerprint density at radius 2 is 2.10 bits per heavy atom. The topological polar surface area (TPSA) is 55.1 Å². The van der Waals surface area contributed by atoms with Crippen LogP contribution >= 0.6 is 0 Å². The average molecular weight is 270 g/mol. The van der Waals surface area contributed by atoms with E-state index in [1.807, 2.05) is 43.3 Å². The van der Waals surface area contributed by atoms with Crippen LogP contribution in [0.3, 0.4) is 0 Å². The van der Waals surface area contributed by atoms with Gasteiger partial charge in [0.2, 0.25) is 5.91 Å². The lowest BCUT2D eigenvalue weighted by Gasteiger charge is -2.11. The van der Waals surface area contributed by atoms with Crippen LogP contribution in [0.1, 0.15) is 31.9 Å². The number of carbonyl (C=O) groups excluding carboxylic acids is 1. The van der Waals surface area contributed by atoms with Crippen LogP contribution in [0.2, 0.25) is 0 Å². The molecule has 0 aliphatic heterocycles. The predicted molar refractivity (Wildman–Crippen MR) is 76.2 cm³/mol. The summed E-state index contributed by atoms with van der Waals surface area (Å²) in [6.07, 6.45) is 2.64. The minimum atomic E-state index is -0.453. The number of amides is 1. The van der Waals surface area contributed by atoms with Gasteiger partial charge in [0.15, 0.2) is 5.76 Å². The Morgan fingerprint density at radius 1 is 1.35 bits per heavy atom. The number of nitrogens with zero attached hydrogens (tertiary/aromatic N) is 1. The lowest BCUT2D eigenvalue weighted by atomic mass is 10.0. The number of rotatable bonds is 5. The Labute approximate surface area is 118 Å². The van der Waals surface area contributed by atoms with E-state index in [-0.39, 0.29) is 5.91 Å². The molecule has 1 saturated carbocycles. The van der Waals surface area contributed by atoms with Crippen molar-refractivity contribution in [2.45, 2.75) is 31.6 Å². The largest absolute Gasteiger partial charge is 0.356 e. The highest BCUT2D eigenvalue weighted by atomic mass is 16.5. The van der Waals surface area contributed by atoms with E-state index in [2.05, 4.69) is 10.5 Å². The third-order valence-corrected chi connectivity index (χ3v) is 3.78. The number of carbonyl (C=O) groups is 1. The standard InChI is InChI=1S/C16H18N2O2/c1-2-10-17-15(19)16(8-9-16)14-11-13(20-18-14)12-6-4-3-5-7-12/h3-7,11H,2,8-10H2,1H3,(H,17,19). The second-order valence-corrected chi connectivity index (χ2v) is 5.28. The van der Waals surface area contributed by atoms with Gasteiger partial charge in [-0.3, -0.25) is 4.79 Å². The predicted octanol–water partition coefficient (Wildman–Crippen LogP) is 2.90. The summed E-state index contributed by atoms with van der Waals surface area (Å²) in [4.78, 5) is 12.2. The first-order valence-corrected chi connectivity index (χ1v) is 7.07. The van der Waals surface area contributed by atoms with E-state index < -0.39 is 5.41 Å². The van der Waals surface area contributed by atoms with Crippen molar-refractivity contribution >= 4 is 5.91 Å². The third kappa shape index (κ3) is 2.22. The second kappa shape index (κ2) is 5.12. The fraction of sp³-hybridized carbons (Fsp3) is 0.375. The van der Waals surface area contributed by atoms with Crippen molar-refractivity contribution in [1.82, 2.24) is 10.5 Å². The molecule has 4 nitrogen and oxygen atoms in total. The van der Waals surface area contributed by atoms with E-state index in [0.29, 0.717) is 6.54 Å². The molecule has 0 unspecified atom stereocenters. The van der Waals surface area contributed by atoms with Gasteiger partial charge in [-0.05, 0) is 19.3 Å². The van der Waals surface area contributed by atoms with Gasteiger partial charge in [-0.25, -0.2) is 0 Å². The summed E-state index contributed by atoms with van der Waals surface area (Å²) in [6, 6.07) is 11.7. The summed E-state index contributed by atoms with van der Waals surface area (Å²) < 4.78 is 5.40. The summed E-state index contributed by atoms with van der Waals surface area (Å²) in [5.41, 5.74) is 1.28. The van der Waals surface area contributed by atoms with Crippen LogP contribution in [0.25, 0.3) is 11.3 Å². The molecule has 1 amide bonds. The first-order chi connectivity index (χ1) is 9.76. The van der Waals surface area contributed by atoms with Gasteiger partial charge in [0.25, 0.3) is 0 Å². The third-order valence-electron chi connectivity index (χ3n) is 3.78. The fourth-order valence-electron chi connectivity index (χ4n) is 2.37. The molecule has 2 aromatic rings. The van der Waals surface area contributed by atoms with Crippen molar-refractivity contribution < 1.29 is 9.32 Å². The Balaban J connectivity index is 1.82. The maximum atomic E-state index is 12.2. The normalized spacial score (nSPS) is 15.8. The molecule has 4 heteroatoms. The molecule has 3 rings (SSSR count). The Hall–Kier alpha value is -2.10. The molecular formula is C16H18N2O2. The van der Waals surface area contributed by atoms with Crippen LogP contribution in [0, 0.1) is 0 Å². The fourth-order valence-corrected chi connectivity index (χ4v) is 2.37. The van der Waals surface area contributed by atoms with Gasteiger partial charge >= 0.3 is 0 Å². The minimum Gasteiger partial charge on any atom is -0.356 e. The van der Waals surface area contributed by atoms with Gasteiger partial charge in [0.1, 0.15) is 0 Å². The highest BCUT2D eigenvalue weighted by molar-refractivity contribution is 5.90. The molecule has 0 atom stereocenters. The first kappa shape index (κ1) is 12.9. The molecule has 20 heavy (non-hydrogen) atoms. The zero-order valence-corrected chi connectivity index (χ0v) is 11.6. The van der Waals surface area contributed by atoms with Crippen LogP contribution < -0.4 is 5.32 Å². The molecule has 1 aromatic heterocycles. The second-order valence-electron chi connectivity index (χ2n) is 5.28. The number of benzene rings is 1. The van der Waals surface area contributed by atoms with Crippen molar-refractivity contribution in [2.24, 2.45) is 0 Å². The Morgan fingerprint density at radius 3 is 2.75 bits per heavy atom. The molecule has 1 N–H and O–H groups in total. The number of nitrogens with one attached hydrogen (secondary N) is 1. The lowest BCUT2D eigenvalue weighted by molar-refractivity contribution is -0.123. The smallest absolute Gasteiger partial charge is 0.232 e. The van der Waals surface area contributed by atoms with Crippen LogP contribution in [0.15, 0.2) is 40.9 Å². The van der Waals surface area contributed by atoms with Crippen LogP contribution in [-0.2, 0) is 10.2 Å². The number of aromatic nitrogens is 1. The molecule has 0 saturated heterocycles. The van der Waals surface area contributed by atoms with E-state index in [4.69, 9.17) is 4.52 Å². The van der Waals surface area contributed by atoms with Gasteiger partial charge < -0.3 is 9.84 Å². The monoisotopic (exact) mass is 270 g/mol. The quantitative estimate of drug-likeness (QED) is 0.909. The van der Waals surface area contributed by atoms with Gasteiger partial charge in [-0.2, -0.15) is 0 Å². The van der Waals surface area contributed by atoms with Crippen molar-refractivity contribution in [3.8, 4) is 11.3 Å². The minimum absolute atomic E-state index is 0.0762.